The highest BCUT2D eigenvalue weighted by Gasteiger charge is 2.36. The minimum atomic E-state index is -0.931. The van der Waals surface area contributed by atoms with Crippen LogP contribution in [0.3, 0.4) is 0 Å². The van der Waals surface area contributed by atoms with E-state index < -0.39 is 11.6 Å². The summed E-state index contributed by atoms with van der Waals surface area (Å²) in [5.41, 5.74) is -0.647. The lowest BCUT2D eigenvalue weighted by molar-refractivity contribution is 0.0213. The van der Waals surface area contributed by atoms with Crippen LogP contribution in [0.4, 0.5) is 0 Å². The Labute approximate surface area is 118 Å². The molecule has 1 aliphatic carbocycles. The number of hydrogen-bond donors (Lipinski definition) is 2. The summed E-state index contributed by atoms with van der Waals surface area (Å²) in [5.74, 6) is -0.244. The third kappa shape index (κ3) is 3.18. The lowest BCUT2D eigenvalue weighted by atomic mass is 9.89. The van der Waals surface area contributed by atoms with Crippen molar-refractivity contribution in [2.45, 2.75) is 57.5 Å². The van der Waals surface area contributed by atoms with Crippen LogP contribution in [0, 0.1) is 5.92 Å². The van der Waals surface area contributed by atoms with Crippen LogP contribution in [0.5, 0.6) is 0 Å². The maximum atomic E-state index is 11.2. The van der Waals surface area contributed by atoms with Crippen LogP contribution in [0.15, 0.2) is 11.4 Å². The summed E-state index contributed by atoms with van der Waals surface area (Å²) in [6, 6.07) is 1.61. The average Bonchev–Trinajstić information content (AvgIpc) is 2.79. The highest BCUT2D eigenvalue weighted by molar-refractivity contribution is 7.10. The maximum Gasteiger partial charge on any atom is 0.336 e. The molecule has 0 aromatic carbocycles. The number of aliphatic hydroxyl groups is 1. The number of thiophene rings is 1. The zero-order valence-corrected chi connectivity index (χ0v) is 12.2. The second-order valence-corrected chi connectivity index (χ2v) is 6.50. The van der Waals surface area contributed by atoms with Crippen molar-refractivity contribution in [1.29, 1.82) is 0 Å². The Hall–Kier alpha value is -0.870. The molecule has 0 aliphatic heterocycles. The van der Waals surface area contributed by atoms with Crippen molar-refractivity contribution in [3.63, 3.8) is 0 Å². The van der Waals surface area contributed by atoms with Crippen molar-refractivity contribution >= 4 is 17.3 Å². The molecule has 0 radical (unpaired) electrons. The Balaban J connectivity index is 2.18. The van der Waals surface area contributed by atoms with E-state index in [0.717, 1.165) is 19.3 Å². The van der Waals surface area contributed by atoms with Gasteiger partial charge in [-0.2, -0.15) is 0 Å². The normalized spacial score (nSPS) is 28.0. The predicted molar refractivity (Wildman–Crippen MR) is 76.7 cm³/mol. The van der Waals surface area contributed by atoms with Gasteiger partial charge >= 0.3 is 5.97 Å². The van der Waals surface area contributed by atoms with Crippen LogP contribution in [0.2, 0.25) is 0 Å². The minimum absolute atomic E-state index is 0.279. The van der Waals surface area contributed by atoms with E-state index in [9.17, 15) is 15.0 Å². The van der Waals surface area contributed by atoms with E-state index in [2.05, 4.69) is 6.92 Å². The number of carboxylic acids is 1. The molecule has 0 spiro atoms. The molecule has 19 heavy (non-hydrogen) atoms. The predicted octanol–water partition coefficient (Wildman–Crippen LogP) is 4.01. The summed E-state index contributed by atoms with van der Waals surface area (Å²) in [5, 5.41) is 21.8. The molecule has 0 amide bonds. The van der Waals surface area contributed by atoms with Crippen molar-refractivity contribution in [3.05, 3.63) is 21.9 Å². The van der Waals surface area contributed by atoms with Crippen LogP contribution >= 0.6 is 11.3 Å². The first-order valence-electron chi connectivity index (χ1n) is 7.10. The quantitative estimate of drug-likeness (QED) is 0.820. The topological polar surface area (TPSA) is 57.5 Å². The van der Waals surface area contributed by atoms with Crippen LogP contribution in [0.25, 0.3) is 0 Å². The first kappa shape index (κ1) is 14.5. The van der Waals surface area contributed by atoms with Gasteiger partial charge < -0.3 is 10.2 Å². The zero-order valence-electron chi connectivity index (χ0n) is 11.4. The van der Waals surface area contributed by atoms with Crippen molar-refractivity contribution in [2.24, 2.45) is 5.92 Å². The van der Waals surface area contributed by atoms with Crippen molar-refractivity contribution in [2.75, 3.05) is 0 Å². The van der Waals surface area contributed by atoms with Gasteiger partial charge in [0.25, 0.3) is 0 Å². The Morgan fingerprint density at radius 2 is 2.26 bits per heavy atom. The molecule has 2 unspecified atom stereocenters. The molecule has 0 saturated heterocycles. The van der Waals surface area contributed by atoms with Crippen LogP contribution < -0.4 is 0 Å². The number of carboxylic acid groups (broad SMARTS) is 1. The molecule has 1 aromatic rings. The van der Waals surface area contributed by atoms with Gasteiger partial charge in [0.05, 0.1) is 16.0 Å². The third-order valence-corrected chi connectivity index (χ3v) is 5.29. The molecule has 0 bridgehead atoms. The monoisotopic (exact) mass is 282 g/mol. The average molecular weight is 282 g/mol. The van der Waals surface area contributed by atoms with E-state index in [1.807, 2.05) is 0 Å². The highest BCUT2D eigenvalue weighted by atomic mass is 32.1. The van der Waals surface area contributed by atoms with Gasteiger partial charge in [-0.25, -0.2) is 4.79 Å². The van der Waals surface area contributed by atoms with Gasteiger partial charge in [0.1, 0.15) is 0 Å². The number of rotatable bonds is 4. The SMILES string of the molecule is CCCC1CCCC(O)(c2sccc2C(=O)O)CC1. The number of aromatic carboxylic acids is 1. The lowest BCUT2D eigenvalue weighted by Crippen LogP contribution is -2.25. The molecule has 1 aromatic heterocycles. The number of hydrogen-bond acceptors (Lipinski definition) is 3. The summed E-state index contributed by atoms with van der Waals surface area (Å²) < 4.78 is 0. The number of carbonyl (C=O) groups is 1. The molecule has 2 N–H and O–H groups in total. The van der Waals surface area contributed by atoms with Gasteiger partial charge in [-0.1, -0.05) is 26.2 Å². The van der Waals surface area contributed by atoms with Crippen molar-refractivity contribution in [1.82, 2.24) is 0 Å². The summed E-state index contributed by atoms with van der Waals surface area (Å²) in [4.78, 5) is 11.9. The van der Waals surface area contributed by atoms with Crippen molar-refractivity contribution in [3.8, 4) is 0 Å². The Kier molecular flexibility index (Phi) is 4.63. The van der Waals surface area contributed by atoms with E-state index in [1.165, 1.54) is 24.2 Å². The van der Waals surface area contributed by atoms with E-state index in [1.54, 1.807) is 11.4 Å². The summed E-state index contributed by atoms with van der Waals surface area (Å²) in [6.07, 6.45) is 6.92. The molecule has 2 rings (SSSR count). The molecule has 1 saturated carbocycles. The highest BCUT2D eigenvalue weighted by Crippen LogP contribution is 2.42. The Morgan fingerprint density at radius 3 is 2.95 bits per heavy atom. The van der Waals surface area contributed by atoms with E-state index in [4.69, 9.17) is 0 Å². The Morgan fingerprint density at radius 1 is 1.47 bits per heavy atom. The van der Waals surface area contributed by atoms with E-state index >= 15 is 0 Å². The van der Waals surface area contributed by atoms with Crippen LogP contribution in [-0.4, -0.2) is 16.2 Å². The first-order valence-corrected chi connectivity index (χ1v) is 7.98. The summed E-state index contributed by atoms with van der Waals surface area (Å²) >= 11 is 1.38. The molecule has 106 valence electrons. The zero-order chi connectivity index (χ0) is 13.9. The molecule has 1 aliphatic rings. The van der Waals surface area contributed by atoms with Gasteiger partial charge in [0.15, 0.2) is 0 Å². The van der Waals surface area contributed by atoms with Gasteiger partial charge in [-0.05, 0) is 43.0 Å². The second-order valence-electron chi connectivity index (χ2n) is 5.59. The third-order valence-electron chi connectivity index (χ3n) is 4.18. The standard InChI is InChI=1S/C15H22O3S/c1-2-4-11-5-3-8-15(18,9-6-11)13-12(14(16)17)7-10-19-13/h7,10-11,18H,2-6,8-9H2,1H3,(H,16,17). The van der Waals surface area contributed by atoms with Crippen molar-refractivity contribution < 1.29 is 15.0 Å². The van der Waals surface area contributed by atoms with Crippen LogP contribution in [0.1, 0.15) is 67.1 Å². The smallest absolute Gasteiger partial charge is 0.336 e. The maximum absolute atomic E-state index is 11.2. The van der Waals surface area contributed by atoms with Crippen LogP contribution in [-0.2, 0) is 5.60 Å². The van der Waals surface area contributed by atoms with Gasteiger partial charge in [-0.3, -0.25) is 0 Å². The molecule has 2 atom stereocenters. The molecule has 1 fully saturated rings. The fourth-order valence-corrected chi connectivity index (χ4v) is 4.20. The lowest BCUT2D eigenvalue weighted by Gasteiger charge is -2.26. The Bertz CT molecular complexity index is 440. The fourth-order valence-electron chi connectivity index (χ4n) is 3.16. The van der Waals surface area contributed by atoms with Gasteiger partial charge in [-0.15, -0.1) is 11.3 Å². The molecular formula is C15H22O3S. The minimum Gasteiger partial charge on any atom is -0.478 e. The molecule has 1 heterocycles. The fraction of sp³-hybridized carbons (Fsp3) is 0.667. The van der Waals surface area contributed by atoms with Gasteiger partial charge in [0, 0.05) is 0 Å². The summed E-state index contributed by atoms with van der Waals surface area (Å²) in [7, 11) is 0. The summed E-state index contributed by atoms with van der Waals surface area (Å²) in [6.45, 7) is 2.19. The van der Waals surface area contributed by atoms with Gasteiger partial charge in [0.2, 0.25) is 0 Å². The van der Waals surface area contributed by atoms with E-state index in [-0.39, 0.29) is 5.56 Å². The second kappa shape index (κ2) is 6.06. The first-order chi connectivity index (χ1) is 9.07. The largest absolute Gasteiger partial charge is 0.478 e. The molecular weight excluding hydrogens is 260 g/mol. The van der Waals surface area contributed by atoms with E-state index in [0.29, 0.717) is 23.6 Å². The molecule has 4 heteroatoms. The molecule has 3 nitrogen and oxygen atoms in total.